The molecule has 0 unspecified atom stereocenters. The molecule has 0 aliphatic heterocycles. The Morgan fingerprint density at radius 1 is 0.469 bits per heavy atom. The minimum Gasteiger partial charge on any atom is -0.256 e. The van der Waals surface area contributed by atoms with Gasteiger partial charge in [0.25, 0.3) is 0 Å². The summed E-state index contributed by atoms with van der Waals surface area (Å²) in [5.74, 6) is 0. The Bertz CT molecular complexity index is 1180. The van der Waals surface area contributed by atoms with Gasteiger partial charge in [0.2, 0.25) is 0 Å². The Morgan fingerprint density at radius 2 is 0.906 bits per heavy atom. The van der Waals surface area contributed by atoms with Crippen molar-refractivity contribution in [3.05, 3.63) is 139 Å². The van der Waals surface area contributed by atoms with Crippen molar-refractivity contribution < 1.29 is 0 Å². The number of hydrogen-bond donors (Lipinski definition) is 0. The van der Waals surface area contributed by atoms with E-state index in [1.807, 2.05) is 6.20 Å². The molecule has 2 heteroatoms. The molecule has 0 N–H and O–H groups in total. The zero-order valence-corrected chi connectivity index (χ0v) is 19.1. The lowest BCUT2D eigenvalue weighted by Crippen LogP contribution is -2.74. The van der Waals surface area contributed by atoms with Crippen LogP contribution in [0.3, 0.4) is 0 Å². The highest BCUT2D eigenvalue weighted by atomic mass is 28.3. The van der Waals surface area contributed by atoms with Crippen LogP contribution in [-0.2, 0) is 0 Å². The molecule has 0 amide bonds. The number of nitrogens with zero attached hydrogens (tertiary/aromatic N) is 1. The number of aryl methyl sites for hydroxylation is 1. The SMILES string of the molecule is Cc1ccc(-c2ccc([Si](c3ccccc3)(c3ccccc3)c3ccccc3)cc2)nc1. The fourth-order valence-corrected chi connectivity index (χ4v) is 9.34. The molecule has 5 aromatic rings. The van der Waals surface area contributed by atoms with E-state index in [1.165, 1.54) is 26.3 Å². The van der Waals surface area contributed by atoms with Crippen LogP contribution in [-0.4, -0.2) is 13.1 Å². The Kier molecular flexibility index (Phi) is 5.53. The fourth-order valence-electron chi connectivity index (χ4n) is 4.59. The van der Waals surface area contributed by atoms with E-state index >= 15 is 0 Å². The van der Waals surface area contributed by atoms with Crippen LogP contribution in [0.2, 0.25) is 0 Å². The van der Waals surface area contributed by atoms with Gasteiger partial charge in [-0.3, -0.25) is 4.98 Å². The first-order valence-electron chi connectivity index (χ1n) is 11.0. The zero-order chi connectivity index (χ0) is 21.8. The second kappa shape index (κ2) is 8.78. The van der Waals surface area contributed by atoms with Crippen molar-refractivity contribution in [1.29, 1.82) is 0 Å². The predicted molar refractivity (Wildman–Crippen MR) is 138 cm³/mol. The topological polar surface area (TPSA) is 12.9 Å². The highest BCUT2D eigenvalue weighted by Crippen LogP contribution is 2.17. The molecule has 1 aromatic heterocycles. The van der Waals surface area contributed by atoms with Crippen molar-refractivity contribution in [2.75, 3.05) is 0 Å². The summed E-state index contributed by atoms with van der Waals surface area (Å²) in [6, 6.07) is 46.3. The minimum absolute atomic E-state index is 1.01. The van der Waals surface area contributed by atoms with Crippen molar-refractivity contribution in [1.82, 2.24) is 4.98 Å². The molecule has 154 valence electrons. The van der Waals surface area contributed by atoms with E-state index < -0.39 is 8.07 Å². The first kappa shape index (κ1) is 20.2. The molecule has 5 rings (SSSR count). The molecule has 0 bridgehead atoms. The molecule has 4 aromatic carbocycles. The van der Waals surface area contributed by atoms with Gasteiger partial charge < -0.3 is 0 Å². The summed E-state index contributed by atoms with van der Waals surface area (Å²) < 4.78 is 0. The maximum absolute atomic E-state index is 4.63. The number of rotatable bonds is 5. The van der Waals surface area contributed by atoms with Crippen LogP contribution in [0, 0.1) is 6.92 Å². The third kappa shape index (κ3) is 3.59. The lowest BCUT2D eigenvalue weighted by molar-refractivity contribution is 1.27. The van der Waals surface area contributed by atoms with E-state index in [1.54, 1.807) is 0 Å². The average Bonchev–Trinajstić information content (AvgIpc) is 2.88. The smallest absolute Gasteiger partial charge is 0.179 e. The van der Waals surface area contributed by atoms with Crippen molar-refractivity contribution >= 4 is 28.8 Å². The van der Waals surface area contributed by atoms with Crippen molar-refractivity contribution in [3.8, 4) is 11.3 Å². The van der Waals surface area contributed by atoms with Gasteiger partial charge in [-0.1, -0.05) is 121 Å². The molecule has 0 saturated heterocycles. The van der Waals surface area contributed by atoms with Gasteiger partial charge in [0, 0.05) is 11.8 Å². The van der Waals surface area contributed by atoms with Gasteiger partial charge in [-0.05, 0) is 39.3 Å². The lowest BCUT2D eigenvalue weighted by Gasteiger charge is -2.34. The van der Waals surface area contributed by atoms with Crippen molar-refractivity contribution in [2.45, 2.75) is 6.92 Å². The van der Waals surface area contributed by atoms with Crippen LogP contribution >= 0.6 is 0 Å². The summed E-state index contributed by atoms with van der Waals surface area (Å²) in [7, 11) is -2.45. The highest BCUT2D eigenvalue weighted by molar-refractivity contribution is 7.19. The summed E-state index contributed by atoms with van der Waals surface area (Å²) in [5.41, 5.74) is 3.33. The fraction of sp³-hybridized carbons (Fsp3) is 0.0333. The number of aromatic nitrogens is 1. The van der Waals surface area contributed by atoms with Crippen LogP contribution in [0.15, 0.2) is 134 Å². The van der Waals surface area contributed by atoms with Crippen molar-refractivity contribution in [3.63, 3.8) is 0 Å². The first-order chi connectivity index (χ1) is 15.8. The summed E-state index contributed by atoms with van der Waals surface area (Å²) >= 11 is 0. The van der Waals surface area contributed by atoms with Gasteiger partial charge in [-0.2, -0.15) is 0 Å². The second-order valence-corrected chi connectivity index (χ2v) is 12.0. The Morgan fingerprint density at radius 3 is 1.31 bits per heavy atom. The van der Waals surface area contributed by atoms with Crippen LogP contribution in [0.1, 0.15) is 5.56 Å². The maximum atomic E-state index is 4.63. The normalized spacial score (nSPS) is 11.3. The predicted octanol–water partition coefficient (Wildman–Crippen LogP) is 4.43. The molecule has 1 nitrogen and oxygen atoms in total. The van der Waals surface area contributed by atoms with Gasteiger partial charge in [0.1, 0.15) is 0 Å². The molecule has 0 atom stereocenters. The van der Waals surface area contributed by atoms with E-state index in [0.717, 1.165) is 11.3 Å². The van der Waals surface area contributed by atoms with Crippen LogP contribution in [0.5, 0.6) is 0 Å². The summed E-state index contributed by atoms with van der Waals surface area (Å²) in [4.78, 5) is 4.63. The van der Waals surface area contributed by atoms with Gasteiger partial charge >= 0.3 is 0 Å². The third-order valence-corrected chi connectivity index (χ3v) is 10.9. The largest absolute Gasteiger partial charge is 0.256 e. The monoisotopic (exact) mass is 427 g/mol. The molecular weight excluding hydrogens is 402 g/mol. The van der Waals surface area contributed by atoms with E-state index in [0.29, 0.717) is 0 Å². The molecule has 0 fully saturated rings. The Balaban J connectivity index is 1.76. The number of hydrogen-bond acceptors (Lipinski definition) is 1. The molecule has 0 aliphatic rings. The second-order valence-electron chi connectivity index (χ2n) is 8.15. The van der Waals surface area contributed by atoms with Gasteiger partial charge in [-0.15, -0.1) is 0 Å². The third-order valence-electron chi connectivity index (χ3n) is 6.15. The minimum atomic E-state index is -2.45. The summed E-state index contributed by atoms with van der Waals surface area (Å²) in [6.45, 7) is 2.07. The van der Waals surface area contributed by atoms with Crippen molar-refractivity contribution in [2.24, 2.45) is 0 Å². The van der Waals surface area contributed by atoms with Crippen LogP contribution < -0.4 is 20.7 Å². The number of benzene rings is 4. The molecule has 0 spiro atoms. The highest BCUT2D eigenvalue weighted by Gasteiger charge is 2.41. The van der Waals surface area contributed by atoms with E-state index in [4.69, 9.17) is 0 Å². The van der Waals surface area contributed by atoms with E-state index in [-0.39, 0.29) is 0 Å². The lowest BCUT2D eigenvalue weighted by atomic mass is 10.1. The van der Waals surface area contributed by atoms with Crippen LogP contribution in [0.4, 0.5) is 0 Å². The van der Waals surface area contributed by atoms with Gasteiger partial charge in [0.15, 0.2) is 8.07 Å². The quantitative estimate of drug-likeness (QED) is 0.299. The molecular formula is C30H25NSi. The standard InChI is InChI=1S/C30H25NSi/c1-24-17-22-30(31-23-24)25-18-20-29(21-19-25)32(26-11-5-2-6-12-26,27-13-7-3-8-14-27)28-15-9-4-10-16-28/h2-23H,1H3. The molecule has 0 aliphatic carbocycles. The van der Waals surface area contributed by atoms with Crippen LogP contribution in [0.25, 0.3) is 11.3 Å². The maximum Gasteiger partial charge on any atom is 0.179 e. The number of pyridine rings is 1. The Hall–Kier alpha value is -3.75. The summed E-state index contributed by atoms with van der Waals surface area (Å²) in [6.07, 6.45) is 1.93. The molecule has 1 heterocycles. The molecule has 0 saturated carbocycles. The molecule has 32 heavy (non-hydrogen) atoms. The Labute approximate surface area is 191 Å². The molecule has 0 radical (unpaired) electrons. The van der Waals surface area contributed by atoms with Gasteiger partial charge in [0.05, 0.1) is 5.69 Å². The average molecular weight is 428 g/mol. The van der Waals surface area contributed by atoms with E-state index in [9.17, 15) is 0 Å². The first-order valence-corrected chi connectivity index (χ1v) is 13.0. The van der Waals surface area contributed by atoms with E-state index in [2.05, 4.69) is 139 Å². The zero-order valence-electron chi connectivity index (χ0n) is 18.1. The summed E-state index contributed by atoms with van der Waals surface area (Å²) in [5, 5.41) is 5.53. The van der Waals surface area contributed by atoms with Gasteiger partial charge in [-0.25, -0.2) is 0 Å².